The SMILES string of the molecule is CC(=O)N(C)C1CCCCC1N. The summed E-state index contributed by atoms with van der Waals surface area (Å²) in [5, 5.41) is 0. The van der Waals surface area contributed by atoms with Crippen LogP contribution in [0.4, 0.5) is 0 Å². The van der Waals surface area contributed by atoms with Crippen molar-refractivity contribution in [1.82, 2.24) is 4.90 Å². The fourth-order valence-corrected chi connectivity index (χ4v) is 1.85. The third-order valence-electron chi connectivity index (χ3n) is 2.78. The van der Waals surface area contributed by atoms with Gasteiger partial charge in [0.1, 0.15) is 0 Å². The molecule has 1 aliphatic carbocycles. The van der Waals surface area contributed by atoms with E-state index in [0.717, 1.165) is 12.8 Å². The normalized spacial score (nSPS) is 29.9. The summed E-state index contributed by atoms with van der Waals surface area (Å²) in [6.45, 7) is 1.60. The maximum absolute atomic E-state index is 11.1. The Labute approximate surface area is 73.9 Å². The second-order valence-corrected chi connectivity index (χ2v) is 3.65. The van der Waals surface area contributed by atoms with E-state index in [1.807, 2.05) is 7.05 Å². The highest BCUT2D eigenvalue weighted by atomic mass is 16.2. The molecule has 2 atom stereocenters. The Morgan fingerprint density at radius 2 is 2.00 bits per heavy atom. The van der Waals surface area contributed by atoms with Gasteiger partial charge in [-0.15, -0.1) is 0 Å². The molecular formula is C9H18N2O. The van der Waals surface area contributed by atoms with Gasteiger partial charge in [0.2, 0.25) is 5.91 Å². The molecule has 0 bridgehead atoms. The molecule has 0 aromatic rings. The molecule has 0 radical (unpaired) electrons. The smallest absolute Gasteiger partial charge is 0.219 e. The first-order chi connectivity index (χ1) is 5.63. The van der Waals surface area contributed by atoms with E-state index in [0.29, 0.717) is 0 Å². The van der Waals surface area contributed by atoms with E-state index in [1.54, 1.807) is 11.8 Å². The predicted molar refractivity (Wildman–Crippen MR) is 48.7 cm³/mol. The third-order valence-corrected chi connectivity index (χ3v) is 2.78. The van der Waals surface area contributed by atoms with Crippen LogP contribution in [0.1, 0.15) is 32.6 Å². The lowest BCUT2D eigenvalue weighted by Gasteiger charge is -2.35. The minimum absolute atomic E-state index is 0.123. The van der Waals surface area contributed by atoms with Crippen molar-refractivity contribution in [3.8, 4) is 0 Å². The van der Waals surface area contributed by atoms with Crippen LogP contribution < -0.4 is 5.73 Å². The van der Waals surface area contributed by atoms with E-state index in [9.17, 15) is 4.79 Å². The van der Waals surface area contributed by atoms with Crippen molar-refractivity contribution < 1.29 is 4.79 Å². The topological polar surface area (TPSA) is 46.3 Å². The van der Waals surface area contributed by atoms with Gasteiger partial charge in [0.25, 0.3) is 0 Å². The lowest BCUT2D eigenvalue weighted by Crippen LogP contribution is -2.49. The Balaban J connectivity index is 2.53. The molecule has 1 aliphatic rings. The molecule has 0 aromatic carbocycles. The zero-order valence-electron chi connectivity index (χ0n) is 7.92. The maximum Gasteiger partial charge on any atom is 0.219 e. The number of hydrogen-bond acceptors (Lipinski definition) is 2. The average Bonchev–Trinajstić information content (AvgIpc) is 2.04. The molecule has 70 valence electrons. The van der Waals surface area contributed by atoms with Crippen LogP contribution >= 0.6 is 0 Å². The molecule has 0 aromatic heterocycles. The molecule has 1 saturated carbocycles. The van der Waals surface area contributed by atoms with Gasteiger partial charge in [0.15, 0.2) is 0 Å². The molecule has 12 heavy (non-hydrogen) atoms. The number of nitrogens with two attached hydrogens (primary N) is 1. The Kier molecular flexibility index (Phi) is 3.09. The monoisotopic (exact) mass is 170 g/mol. The van der Waals surface area contributed by atoms with Gasteiger partial charge in [-0.05, 0) is 12.8 Å². The Bertz CT molecular complexity index is 170. The van der Waals surface area contributed by atoms with Gasteiger partial charge in [0, 0.05) is 26.1 Å². The van der Waals surface area contributed by atoms with Gasteiger partial charge >= 0.3 is 0 Å². The zero-order chi connectivity index (χ0) is 9.14. The number of carbonyl (C=O) groups excluding carboxylic acids is 1. The van der Waals surface area contributed by atoms with Crippen molar-refractivity contribution in [3.05, 3.63) is 0 Å². The van der Waals surface area contributed by atoms with Crippen LogP contribution in [-0.2, 0) is 4.79 Å². The Morgan fingerprint density at radius 1 is 1.42 bits per heavy atom. The molecule has 0 saturated heterocycles. The fraction of sp³-hybridized carbons (Fsp3) is 0.889. The molecule has 3 heteroatoms. The zero-order valence-corrected chi connectivity index (χ0v) is 7.92. The summed E-state index contributed by atoms with van der Waals surface area (Å²) in [6, 6.07) is 0.462. The van der Waals surface area contributed by atoms with Crippen LogP contribution in [0.2, 0.25) is 0 Å². The van der Waals surface area contributed by atoms with Crippen molar-refractivity contribution in [3.63, 3.8) is 0 Å². The predicted octanol–water partition coefficient (Wildman–Crippen LogP) is 0.735. The first kappa shape index (κ1) is 9.52. The van der Waals surface area contributed by atoms with E-state index in [-0.39, 0.29) is 18.0 Å². The van der Waals surface area contributed by atoms with Crippen molar-refractivity contribution in [2.75, 3.05) is 7.05 Å². The van der Waals surface area contributed by atoms with E-state index < -0.39 is 0 Å². The van der Waals surface area contributed by atoms with E-state index >= 15 is 0 Å². The second kappa shape index (κ2) is 3.90. The van der Waals surface area contributed by atoms with E-state index in [1.165, 1.54) is 12.8 Å². The van der Waals surface area contributed by atoms with Gasteiger partial charge in [-0.25, -0.2) is 0 Å². The summed E-state index contributed by atoms with van der Waals surface area (Å²) in [6.07, 6.45) is 4.54. The van der Waals surface area contributed by atoms with Crippen molar-refractivity contribution in [2.24, 2.45) is 5.73 Å². The number of hydrogen-bond donors (Lipinski definition) is 1. The van der Waals surface area contributed by atoms with Crippen LogP contribution in [-0.4, -0.2) is 29.9 Å². The minimum Gasteiger partial charge on any atom is -0.341 e. The molecule has 2 N–H and O–H groups in total. The summed E-state index contributed by atoms with van der Waals surface area (Å²) in [5.41, 5.74) is 5.92. The number of amides is 1. The highest BCUT2D eigenvalue weighted by Crippen LogP contribution is 2.20. The van der Waals surface area contributed by atoms with Gasteiger partial charge in [-0.3, -0.25) is 4.79 Å². The highest BCUT2D eigenvalue weighted by molar-refractivity contribution is 5.73. The van der Waals surface area contributed by atoms with Crippen molar-refractivity contribution in [1.29, 1.82) is 0 Å². The lowest BCUT2D eigenvalue weighted by molar-refractivity contribution is -0.130. The summed E-state index contributed by atoms with van der Waals surface area (Å²) >= 11 is 0. The molecule has 2 unspecified atom stereocenters. The second-order valence-electron chi connectivity index (χ2n) is 3.65. The summed E-state index contributed by atoms with van der Waals surface area (Å²) in [4.78, 5) is 12.8. The van der Waals surface area contributed by atoms with Crippen LogP contribution in [0.3, 0.4) is 0 Å². The van der Waals surface area contributed by atoms with E-state index in [2.05, 4.69) is 0 Å². The number of rotatable bonds is 1. The number of carbonyl (C=O) groups is 1. The summed E-state index contributed by atoms with van der Waals surface area (Å²) in [7, 11) is 1.85. The highest BCUT2D eigenvalue weighted by Gasteiger charge is 2.26. The average molecular weight is 170 g/mol. The summed E-state index contributed by atoms with van der Waals surface area (Å²) in [5.74, 6) is 0.123. The Morgan fingerprint density at radius 3 is 2.50 bits per heavy atom. The van der Waals surface area contributed by atoms with E-state index in [4.69, 9.17) is 5.73 Å². The third kappa shape index (κ3) is 1.97. The molecule has 1 rings (SSSR count). The fourth-order valence-electron chi connectivity index (χ4n) is 1.85. The van der Waals surface area contributed by atoms with Crippen LogP contribution in [0.15, 0.2) is 0 Å². The maximum atomic E-state index is 11.1. The Hall–Kier alpha value is -0.570. The molecule has 3 nitrogen and oxygen atoms in total. The minimum atomic E-state index is 0.123. The number of likely N-dealkylation sites (N-methyl/N-ethyl adjacent to an activating group) is 1. The molecular weight excluding hydrogens is 152 g/mol. The molecule has 0 spiro atoms. The largest absolute Gasteiger partial charge is 0.341 e. The lowest BCUT2D eigenvalue weighted by atomic mass is 9.90. The first-order valence-electron chi connectivity index (χ1n) is 4.62. The van der Waals surface area contributed by atoms with Crippen LogP contribution in [0, 0.1) is 0 Å². The van der Waals surface area contributed by atoms with Crippen molar-refractivity contribution >= 4 is 5.91 Å². The molecule has 1 amide bonds. The number of nitrogens with zero attached hydrogens (tertiary/aromatic N) is 1. The van der Waals surface area contributed by atoms with Crippen molar-refractivity contribution in [2.45, 2.75) is 44.7 Å². The first-order valence-corrected chi connectivity index (χ1v) is 4.62. The summed E-state index contributed by atoms with van der Waals surface area (Å²) < 4.78 is 0. The van der Waals surface area contributed by atoms with Gasteiger partial charge in [0.05, 0.1) is 0 Å². The molecule has 1 fully saturated rings. The van der Waals surface area contributed by atoms with Gasteiger partial charge in [-0.2, -0.15) is 0 Å². The van der Waals surface area contributed by atoms with Crippen LogP contribution in [0.5, 0.6) is 0 Å². The molecule has 0 aliphatic heterocycles. The quantitative estimate of drug-likeness (QED) is 0.630. The standard InChI is InChI=1S/C9H18N2O/c1-7(12)11(2)9-6-4-3-5-8(9)10/h8-9H,3-6,10H2,1-2H3. The van der Waals surface area contributed by atoms with Gasteiger partial charge in [-0.1, -0.05) is 12.8 Å². The van der Waals surface area contributed by atoms with Gasteiger partial charge < -0.3 is 10.6 Å². The van der Waals surface area contributed by atoms with Crippen LogP contribution in [0.25, 0.3) is 0 Å². The molecule has 0 heterocycles.